The smallest absolute Gasteiger partial charge is 0.790 e. The maximum absolute atomic E-state index is 12.0. The molecule has 11 heteroatoms. The number of phosphoric ester groups is 1. The second-order valence-corrected chi connectivity index (χ2v) is 8.33. The van der Waals surface area contributed by atoms with Crippen LogP contribution in [0.1, 0.15) is 71.1 Å². The number of hydrogen-bond donors (Lipinski definition) is 0. The maximum Gasteiger partial charge on any atom is 1.00 e. The Hall–Kier alpha value is -1.15. The Balaban J connectivity index is -0.00000578. The summed E-state index contributed by atoms with van der Waals surface area (Å²) in [5, 5.41) is 0. The van der Waals surface area contributed by atoms with E-state index in [0.29, 0.717) is 6.42 Å². The molecule has 8 nitrogen and oxygen atoms in total. The molecule has 0 heterocycles. The van der Waals surface area contributed by atoms with Crippen LogP contribution in [-0.2, 0) is 28.2 Å². The molecule has 1 atom stereocenters. The quantitative estimate of drug-likeness (QED) is 0.0478. The first kappa shape index (κ1) is 40.3. The first-order valence-corrected chi connectivity index (χ1v) is 12.7. The van der Waals surface area contributed by atoms with Gasteiger partial charge in [0.05, 0.1) is 14.4 Å². The molecular formula is C26H29Na2O8P. The number of terminal acetylenes is 1. The SMILES string of the molecule is C#CC#CC#CC#CC#CC(=O)OC[C@@H](COP(=O)([O-])[O-])OC(=O)CCCCCCCCCCC.[Na+].[Na+]. The Morgan fingerprint density at radius 2 is 1.32 bits per heavy atom. The molecule has 0 amide bonds. The molecule has 0 aliphatic rings. The van der Waals surface area contributed by atoms with Crippen molar-refractivity contribution in [3.8, 4) is 59.7 Å². The molecule has 0 aromatic heterocycles. The second kappa shape index (κ2) is 27.9. The number of hydrogen-bond acceptors (Lipinski definition) is 8. The number of phosphoric acid groups is 1. The first-order chi connectivity index (χ1) is 16.8. The molecule has 0 aromatic carbocycles. The predicted molar refractivity (Wildman–Crippen MR) is 126 cm³/mol. The number of ether oxygens (including phenoxy) is 2. The van der Waals surface area contributed by atoms with E-state index in [4.69, 9.17) is 15.9 Å². The van der Waals surface area contributed by atoms with Gasteiger partial charge in [-0.05, 0) is 53.8 Å². The van der Waals surface area contributed by atoms with Crippen LogP contribution in [0.2, 0.25) is 0 Å². The molecule has 0 bridgehead atoms. The summed E-state index contributed by atoms with van der Waals surface area (Å²) >= 11 is 0. The van der Waals surface area contributed by atoms with Crippen molar-refractivity contribution in [1.82, 2.24) is 0 Å². The van der Waals surface area contributed by atoms with Gasteiger partial charge in [0, 0.05) is 12.3 Å². The monoisotopic (exact) mass is 546 g/mol. The summed E-state index contributed by atoms with van der Waals surface area (Å²) in [6.07, 6.45) is 13.4. The van der Waals surface area contributed by atoms with Crippen molar-refractivity contribution in [1.29, 1.82) is 0 Å². The molecule has 0 saturated heterocycles. The number of unbranched alkanes of at least 4 members (excludes halogenated alkanes) is 8. The number of rotatable bonds is 16. The van der Waals surface area contributed by atoms with E-state index in [1.807, 2.05) is 0 Å². The molecule has 0 rings (SSSR count). The minimum atomic E-state index is -5.30. The van der Waals surface area contributed by atoms with E-state index in [9.17, 15) is 23.9 Å². The van der Waals surface area contributed by atoms with Crippen molar-refractivity contribution in [3.63, 3.8) is 0 Å². The largest absolute Gasteiger partial charge is 1.00 e. The van der Waals surface area contributed by atoms with Gasteiger partial charge >= 0.3 is 71.1 Å². The van der Waals surface area contributed by atoms with E-state index < -0.39 is 39.1 Å². The third-order valence-electron chi connectivity index (χ3n) is 4.21. The Labute approximate surface area is 264 Å². The van der Waals surface area contributed by atoms with Crippen molar-refractivity contribution >= 4 is 19.8 Å². The average Bonchev–Trinajstić information content (AvgIpc) is 2.81. The van der Waals surface area contributed by atoms with Gasteiger partial charge in [-0.1, -0.05) is 58.3 Å². The zero-order valence-corrected chi connectivity index (χ0v) is 26.7. The van der Waals surface area contributed by atoms with Crippen LogP contribution < -0.4 is 68.9 Å². The van der Waals surface area contributed by atoms with Crippen LogP contribution in [0.25, 0.3) is 0 Å². The van der Waals surface area contributed by atoms with E-state index >= 15 is 0 Å². The summed E-state index contributed by atoms with van der Waals surface area (Å²) < 4.78 is 24.8. The number of carbonyl (C=O) groups is 2. The van der Waals surface area contributed by atoms with Gasteiger partial charge < -0.3 is 28.3 Å². The van der Waals surface area contributed by atoms with Crippen molar-refractivity contribution < 1.29 is 97.1 Å². The summed E-state index contributed by atoms with van der Waals surface area (Å²) in [5.41, 5.74) is 0. The zero-order chi connectivity index (χ0) is 26.2. The van der Waals surface area contributed by atoms with Crippen LogP contribution in [0.4, 0.5) is 0 Å². The molecule has 0 fully saturated rings. The van der Waals surface area contributed by atoms with Gasteiger partial charge in [-0.15, -0.1) is 6.42 Å². The van der Waals surface area contributed by atoms with Crippen LogP contribution in [0.3, 0.4) is 0 Å². The minimum absolute atomic E-state index is 0. The van der Waals surface area contributed by atoms with E-state index in [2.05, 4.69) is 64.7 Å². The van der Waals surface area contributed by atoms with E-state index in [-0.39, 0.29) is 65.5 Å². The van der Waals surface area contributed by atoms with Crippen LogP contribution in [0.15, 0.2) is 0 Å². The fourth-order valence-corrected chi connectivity index (χ4v) is 2.94. The van der Waals surface area contributed by atoms with Crippen LogP contribution in [0, 0.1) is 59.7 Å². The molecule has 37 heavy (non-hydrogen) atoms. The van der Waals surface area contributed by atoms with Crippen molar-refractivity contribution in [2.75, 3.05) is 13.2 Å². The topological polar surface area (TPSA) is 125 Å². The van der Waals surface area contributed by atoms with Gasteiger partial charge in [0.2, 0.25) is 0 Å². The van der Waals surface area contributed by atoms with E-state index in [1.54, 1.807) is 0 Å². The third kappa shape index (κ3) is 31.0. The molecular weight excluding hydrogens is 517 g/mol. The standard InChI is InChI=1S/C26H31O8P.2Na/c1-3-5-7-9-11-13-15-17-19-21-26(28)34-24(23-33-35(29,30)31)22-32-25(27)20-18-16-14-12-10-8-6-4-2;;/h2,24H,3,5,7,9,11,13,15,17,19,21-23H2,1H3,(H2,29,30,31);;/q;2*+1/p-2/t24-;;/m0../s1. The van der Waals surface area contributed by atoms with Gasteiger partial charge in [-0.25, -0.2) is 4.79 Å². The molecule has 0 spiro atoms. The Bertz CT molecular complexity index is 1000. The summed E-state index contributed by atoms with van der Waals surface area (Å²) in [4.78, 5) is 45.2. The van der Waals surface area contributed by atoms with Gasteiger partial charge in [0.25, 0.3) is 0 Å². The van der Waals surface area contributed by atoms with Crippen molar-refractivity contribution in [3.05, 3.63) is 0 Å². The summed E-state index contributed by atoms with van der Waals surface area (Å²) in [6.45, 7) is 0.845. The molecule has 188 valence electrons. The first-order valence-electron chi connectivity index (χ1n) is 11.3. The minimum Gasteiger partial charge on any atom is -0.790 e. The fourth-order valence-electron chi connectivity index (χ4n) is 2.59. The van der Waals surface area contributed by atoms with Crippen molar-refractivity contribution in [2.24, 2.45) is 0 Å². The molecule has 0 N–H and O–H groups in total. The molecule has 0 aliphatic heterocycles. The van der Waals surface area contributed by atoms with Gasteiger partial charge in [0.15, 0.2) is 6.10 Å². The molecule has 0 saturated carbocycles. The maximum atomic E-state index is 12.0. The molecule has 0 radical (unpaired) electrons. The zero-order valence-electron chi connectivity index (χ0n) is 21.9. The van der Waals surface area contributed by atoms with Crippen LogP contribution >= 0.6 is 7.82 Å². The van der Waals surface area contributed by atoms with Gasteiger partial charge in [-0.2, -0.15) is 0 Å². The van der Waals surface area contributed by atoms with Crippen LogP contribution in [0.5, 0.6) is 0 Å². The van der Waals surface area contributed by atoms with Gasteiger partial charge in [-0.3, -0.25) is 4.79 Å². The summed E-state index contributed by atoms with van der Waals surface area (Å²) in [5.74, 6) is 18.6. The van der Waals surface area contributed by atoms with Gasteiger partial charge in [0.1, 0.15) is 6.61 Å². The Morgan fingerprint density at radius 1 is 0.811 bits per heavy atom. The average molecular weight is 546 g/mol. The molecule has 0 unspecified atom stereocenters. The van der Waals surface area contributed by atoms with Crippen LogP contribution in [-0.4, -0.2) is 31.3 Å². The normalized spacial score (nSPS) is 9.78. The fraction of sp³-hybridized carbons (Fsp3) is 0.538. The number of carbonyl (C=O) groups excluding carboxylic acids is 2. The van der Waals surface area contributed by atoms with E-state index in [0.717, 1.165) is 19.3 Å². The van der Waals surface area contributed by atoms with Crippen molar-refractivity contribution in [2.45, 2.75) is 77.2 Å². The molecule has 0 aromatic rings. The number of esters is 2. The summed E-state index contributed by atoms with van der Waals surface area (Å²) in [7, 11) is -5.30. The third-order valence-corrected chi connectivity index (χ3v) is 4.68. The summed E-state index contributed by atoms with van der Waals surface area (Å²) in [6, 6.07) is 0. The van der Waals surface area contributed by atoms with E-state index in [1.165, 1.54) is 32.1 Å². The second-order valence-electron chi connectivity index (χ2n) is 7.18. The Morgan fingerprint density at radius 3 is 1.86 bits per heavy atom. The predicted octanol–water partition coefficient (Wildman–Crippen LogP) is -4.14. The molecule has 0 aliphatic carbocycles. The Kier molecular flexibility index (Phi) is 30.4.